The molecule has 4 nitrogen and oxygen atoms in total. The Balaban J connectivity index is 1.98. The van der Waals surface area contributed by atoms with Crippen LogP contribution in [0.3, 0.4) is 0 Å². The van der Waals surface area contributed by atoms with Gasteiger partial charge in [-0.1, -0.05) is 24.6 Å². The lowest BCUT2D eigenvalue weighted by atomic mass is 10.2. The molecule has 0 atom stereocenters. The minimum absolute atomic E-state index is 0.0221. The second-order valence-electron chi connectivity index (χ2n) is 4.54. The zero-order valence-corrected chi connectivity index (χ0v) is 11.7. The summed E-state index contributed by atoms with van der Waals surface area (Å²) in [4.78, 5) is 27.4. The van der Waals surface area contributed by atoms with E-state index in [0.29, 0.717) is 43.2 Å². The fourth-order valence-corrected chi connectivity index (χ4v) is 2.38. The van der Waals surface area contributed by atoms with Gasteiger partial charge in [0.15, 0.2) is 0 Å². The number of halogens is 1. The summed E-state index contributed by atoms with van der Waals surface area (Å²) in [6.07, 6.45) is 0.516. The lowest BCUT2D eigenvalue weighted by Gasteiger charge is -2.34. The number of piperazine rings is 1. The van der Waals surface area contributed by atoms with Crippen LogP contribution in [0.5, 0.6) is 0 Å². The van der Waals surface area contributed by atoms with Gasteiger partial charge in [0.2, 0.25) is 5.91 Å². The average molecular weight is 281 g/mol. The number of nitrogens with zero attached hydrogens (tertiary/aromatic N) is 2. The number of rotatable bonds is 2. The van der Waals surface area contributed by atoms with E-state index in [1.54, 1.807) is 29.2 Å². The minimum atomic E-state index is -0.0221. The van der Waals surface area contributed by atoms with Crippen LogP contribution in [-0.2, 0) is 4.79 Å². The zero-order valence-electron chi connectivity index (χ0n) is 10.9. The molecule has 5 heteroatoms. The van der Waals surface area contributed by atoms with Gasteiger partial charge < -0.3 is 9.80 Å². The third-order valence-electron chi connectivity index (χ3n) is 3.29. The summed E-state index contributed by atoms with van der Waals surface area (Å²) in [6.45, 7) is 4.23. The van der Waals surface area contributed by atoms with Gasteiger partial charge in [-0.3, -0.25) is 9.59 Å². The monoisotopic (exact) mass is 280 g/mol. The number of benzene rings is 1. The van der Waals surface area contributed by atoms with Crippen molar-refractivity contribution in [2.45, 2.75) is 13.3 Å². The Morgan fingerprint density at radius 3 is 2.37 bits per heavy atom. The Labute approximate surface area is 117 Å². The van der Waals surface area contributed by atoms with Gasteiger partial charge in [-0.15, -0.1) is 0 Å². The Kier molecular flexibility index (Phi) is 4.43. The number of hydrogen-bond acceptors (Lipinski definition) is 2. The Bertz CT molecular complexity index is 482. The van der Waals surface area contributed by atoms with Crippen LogP contribution in [0.4, 0.5) is 0 Å². The van der Waals surface area contributed by atoms with Crippen molar-refractivity contribution in [1.29, 1.82) is 0 Å². The number of carbonyl (C=O) groups excluding carboxylic acids is 2. The lowest BCUT2D eigenvalue weighted by Crippen LogP contribution is -2.50. The summed E-state index contributed by atoms with van der Waals surface area (Å²) >= 11 is 5.89. The molecule has 1 aromatic carbocycles. The highest BCUT2D eigenvalue weighted by atomic mass is 35.5. The van der Waals surface area contributed by atoms with Crippen molar-refractivity contribution in [3.05, 3.63) is 34.9 Å². The highest BCUT2D eigenvalue weighted by Crippen LogP contribution is 2.14. The Morgan fingerprint density at radius 2 is 1.79 bits per heavy atom. The first kappa shape index (κ1) is 13.9. The molecule has 1 fully saturated rings. The van der Waals surface area contributed by atoms with E-state index < -0.39 is 0 Å². The van der Waals surface area contributed by atoms with Crippen molar-refractivity contribution in [2.24, 2.45) is 0 Å². The van der Waals surface area contributed by atoms with Gasteiger partial charge in [-0.25, -0.2) is 0 Å². The molecule has 0 aliphatic carbocycles. The maximum atomic E-state index is 12.3. The van der Waals surface area contributed by atoms with Crippen LogP contribution in [0.1, 0.15) is 23.7 Å². The molecule has 0 saturated carbocycles. The van der Waals surface area contributed by atoms with Crippen LogP contribution in [0.25, 0.3) is 0 Å². The summed E-state index contributed by atoms with van der Waals surface area (Å²) < 4.78 is 0. The van der Waals surface area contributed by atoms with Crippen LogP contribution in [0.15, 0.2) is 24.3 Å². The number of hydrogen-bond donors (Lipinski definition) is 0. The number of carbonyl (C=O) groups is 2. The molecule has 1 aromatic rings. The van der Waals surface area contributed by atoms with E-state index in [4.69, 9.17) is 11.6 Å². The van der Waals surface area contributed by atoms with Gasteiger partial charge in [-0.2, -0.15) is 0 Å². The zero-order chi connectivity index (χ0) is 13.8. The van der Waals surface area contributed by atoms with E-state index >= 15 is 0 Å². The van der Waals surface area contributed by atoms with Crippen molar-refractivity contribution >= 4 is 23.4 Å². The normalized spacial score (nSPS) is 15.5. The maximum Gasteiger partial charge on any atom is 0.254 e. The van der Waals surface area contributed by atoms with Crippen molar-refractivity contribution < 1.29 is 9.59 Å². The lowest BCUT2D eigenvalue weighted by molar-refractivity contribution is -0.132. The van der Waals surface area contributed by atoms with E-state index in [1.807, 2.05) is 11.8 Å². The predicted octanol–water partition coefficient (Wildman–Crippen LogP) is 2.03. The predicted molar refractivity (Wildman–Crippen MR) is 74.2 cm³/mol. The standard InChI is InChI=1S/C14H17ClN2O2/c1-2-13(18)16-6-8-17(9-7-16)14(19)11-4-3-5-12(15)10-11/h3-5,10H,2,6-9H2,1H3. The quantitative estimate of drug-likeness (QED) is 0.832. The molecule has 102 valence electrons. The van der Waals surface area contributed by atoms with Gasteiger partial charge in [0, 0.05) is 43.2 Å². The first-order valence-corrected chi connectivity index (χ1v) is 6.82. The van der Waals surface area contributed by atoms with E-state index in [-0.39, 0.29) is 11.8 Å². The SMILES string of the molecule is CCC(=O)N1CCN(C(=O)c2cccc(Cl)c2)CC1. The van der Waals surface area contributed by atoms with Crippen molar-refractivity contribution in [1.82, 2.24) is 9.80 Å². The van der Waals surface area contributed by atoms with E-state index in [2.05, 4.69) is 0 Å². The van der Waals surface area contributed by atoms with Gasteiger partial charge >= 0.3 is 0 Å². The van der Waals surface area contributed by atoms with Crippen LogP contribution in [0, 0.1) is 0 Å². The number of amides is 2. The molecule has 0 unspecified atom stereocenters. The second-order valence-corrected chi connectivity index (χ2v) is 4.97. The molecule has 2 amide bonds. The van der Waals surface area contributed by atoms with Gasteiger partial charge in [0.05, 0.1) is 0 Å². The smallest absolute Gasteiger partial charge is 0.254 e. The third kappa shape index (κ3) is 3.26. The molecule has 1 saturated heterocycles. The highest BCUT2D eigenvalue weighted by molar-refractivity contribution is 6.30. The molecule has 1 heterocycles. The first-order chi connectivity index (χ1) is 9.11. The maximum absolute atomic E-state index is 12.3. The largest absolute Gasteiger partial charge is 0.339 e. The van der Waals surface area contributed by atoms with Crippen molar-refractivity contribution in [3.63, 3.8) is 0 Å². The molecule has 1 aliphatic heterocycles. The van der Waals surface area contributed by atoms with E-state index in [0.717, 1.165) is 0 Å². The van der Waals surface area contributed by atoms with Crippen LogP contribution < -0.4 is 0 Å². The Morgan fingerprint density at radius 1 is 1.16 bits per heavy atom. The topological polar surface area (TPSA) is 40.6 Å². The molecule has 0 bridgehead atoms. The molecule has 19 heavy (non-hydrogen) atoms. The van der Waals surface area contributed by atoms with E-state index in [9.17, 15) is 9.59 Å². The molecular weight excluding hydrogens is 264 g/mol. The van der Waals surface area contributed by atoms with Gasteiger partial charge in [0.1, 0.15) is 0 Å². The second kappa shape index (κ2) is 6.06. The molecule has 0 spiro atoms. The van der Waals surface area contributed by atoms with Gasteiger partial charge in [0.25, 0.3) is 5.91 Å². The summed E-state index contributed by atoms with van der Waals surface area (Å²) in [5, 5.41) is 0.561. The summed E-state index contributed by atoms with van der Waals surface area (Å²) in [5.41, 5.74) is 0.600. The first-order valence-electron chi connectivity index (χ1n) is 6.44. The molecule has 2 rings (SSSR count). The van der Waals surface area contributed by atoms with Crippen LogP contribution in [-0.4, -0.2) is 47.8 Å². The summed E-state index contributed by atoms with van der Waals surface area (Å²) in [5.74, 6) is 0.126. The summed E-state index contributed by atoms with van der Waals surface area (Å²) in [7, 11) is 0. The minimum Gasteiger partial charge on any atom is -0.339 e. The average Bonchev–Trinajstić information content (AvgIpc) is 2.46. The van der Waals surface area contributed by atoms with Crippen LogP contribution >= 0.6 is 11.6 Å². The summed E-state index contributed by atoms with van der Waals surface area (Å²) in [6, 6.07) is 6.95. The molecule has 0 radical (unpaired) electrons. The van der Waals surface area contributed by atoms with Crippen molar-refractivity contribution in [2.75, 3.05) is 26.2 Å². The molecule has 0 aromatic heterocycles. The van der Waals surface area contributed by atoms with E-state index in [1.165, 1.54) is 0 Å². The third-order valence-corrected chi connectivity index (χ3v) is 3.53. The molecule has 0 N–H and O–H groups in total. The van der Waals surface area contributed by atoms with Crippen LogP contribution in [0.2, 0.25) is 5.02 Å². The Hall–Kier alpha value is -1.55. The van der Waals surface area contributed by atoms with Crippen molar-refractivity contribution in [3.8, 4) is 0 Å². The molecule has 1 aliphatic rings. The fourth-order valence-electron chi connectivity index (χ4n) is 2.19. The highest BCUT2D eigenvalue weighted by Gasteiger charge is 2.23. The molecular formula is C14H17ClN2O2. The fraction of sp³-hybridized carbons (Fsp3) is 0.429. The van der Waals surface area contributed by atoms with Gasteiger partial charge in [-0.05, 0) is 18.2 Å².